The van der Waals surface area contributed by atoms with Crippen molar-refractivity contribution in [2.45, 2.75) is 30.8 Å². The van der Waals surface area contributed by atoms with E-state index >= 15 is 0 Å². The van der Waals surface area contributed by atoms with Crippen LogP contribution < -0.4 is 10.9 Å². The van der Waals surface area contributed by atoms with Gasteiger partial charge in [0.2, 0.25) is 0 Å². The Balaban J connectivity index is 0.000000260. The average molecular weight is 482 g/mol. The monoisotopic (exact) mass is 481 g/mol. The van der Waals surface area contributed by atoms with E-state index in [9.17, 15) is 14.7 Å². The Bertz CT molecular complexity index is 1090. The zero-order valence-corrected chi connectivity index (χ0v) is 18.6. The molecule has 2 heterocycles. The minimum atomic E-state index is -1.55. The summed E-state index contributed by atoms with van der Waals surface area (Å²) in [5.41, 5.74) is 0.731. The maximum absolute atomic E-state index is 11.9. The van der Waals surface area contributed by atoms with Crippen molar-refractivity contribution in [3.05, 3.63) is 63.0 Å². The minimum absolute atomic E-state index is 0.0936. The number of aromatic amines is 1. The average Bonchev–Trinajstić information content (AvgIpc) is 3.24. The predicted molar refractivity (Wildman–Crippen MR) is 121 cm³/mol. The van der Waals surface area contributed by atoms with Gasteiger partial charge in [0.05, 0.1) is 18.1 Å². The number of carbonyl (C=O) groups is 1. The van der Waals surface area contributed by atoms with Crippen LogP contribution in [0.3, 0.4) is 0 Å². The molecule has 3 aromatic rings. The quantitative estimate of drug-likeness (QED) is 0.186. The summed E-state index contributed by atoms with van der Waals surface area (Å²) in [6, 6.07) is 11.0. The summed E-state index contributed by atoms with van der Waals surface area (Å²) in [6.45, 7) is -0.569. The normalized spacial score (nSPS) is 14.7. The summed E-state index contributed by atoms with van der Waals surface area (Å²) in [5, 5.41) is 56.8. The number of likely N-dealkylation sites (N-methyl/N-ethyl adjacent to an activating group) is 1. The summed E-state index contributed by atoms with van der Waals surface area (Å²) in [6.07, 6.45) is -5.14. The number of aliphatic hydroxyl groups is 5. The number of hydrogen-bond donors (Lipinski definition) is 8. The third-order valence-electron chi connectivity index (χ3n) is 4.62. The number of aromatic carboxylic acids is 1. The van der Waals surface area contributed by atoms with Gasteiger partial charge in [-0.2, -0.15) is 0 Å². The largest absolute Gasteiger partial charge is 0.477 e. The molecule has 0 fully saturated rings. The first kappa shape index (κ1) is 26.5. The van der Waals surface area contributed by atoms with E-state index < -0.39 is 37.0 Å². The molecule has 12 heteroatoms. The second-order valence-electron chi connectivity index (χ2n) is 7.17. The highest BCUT2D eigenvalue weighted by molar-refractivity contribution is 7.20. The van der Waals surface area contributed by atoms with Gasteiger partial charge in [-0.1, -0.05) is 30.3 Å². The highest BCUT2D eigenvalue weighted by Gasteiger charge is 2.29. The Kier molecular flexibility index (Phi) is 10.1. The Morgan fingerprint density at radius 1 is 1.12 bits per heavy atom. The van der Waals surface area contributed by atoms with Crippen LogP contribution in [0.4, 0.5) is 0 Å². The maximum atomic E-state index is 11.9. The third-order valence-corrected chi connectivity index (χ3v) is 5.63. The third kappa shape index (κ3) is 7.40. The van der Waals surface area contributed by atoms with Crippen LogP contribution in [0, 0.1) is 0 Å². The van der Waals surface area contributed by atoms with Crippen LogP contribution in [-0.2, 0) is 6.42 Å². The van der Waals surface area contributed by atoms with E-state index in [0.29, 0.717) is 22.5 Å². The van der Waals surface area contributed by atoms with Crippen LogP contribution in [-0.4, -0.2) is 91.2 Å². The Labute approximate surface area is 192 Å². The zero-order valence-electron chi connectivity index (χ0n) is 17.8. The first-order valence-corrected chi connectivity index (χ1v) is 10.8. The summed E-state index contributed by atoms with van der Waals surface area (Å²) >= 11 is 1.01. The van der Waals surface area contributed by atoms with E-state index in [1.54, 1.807) is 7.05 Å². The Morgan fingerprint density at radius 2 is 1.76 bits per heavy atom. The molecule has 0 spiro atoms. The molecule has 0 saturated heterocycles. The van der Waals surface area contributed by atoms with Crippen molar-refractivity contribution >= 4 is 27.5 Å². The van der Waals surface area contributed by atoms with Crippen molar-refractivity contribution in [2.75, 3.05) is 20.2 Å². The smallest absolute Gasteiger partial charge is 0.345 e. The van der Waals surface area contributed by atoms with Crippen LogP contribution >= 0.6 is 11.3 Å². The van der Waals surface area contributed by atoms with Crippen LogP contribution in [0.2, 0.25) is 0 Å². The molecular weight excluding hydrogens is 454 g/mol. The van der Waals surface area contributed by atoms with E-state index in [4.69, 9.17) is 25.5 Å². The molecule has 4 atom stereocenters. The lowest BCUT2D eigenvalue weighted by atomic mass is 10.0. The van der Waals surface area contributed by atoms with Crippen molar-refractivity contribution in [2.24, 2.45) is 0 Å². The summed E-state index contributed by atoms with van der Waals surface area (Å²) < 4.78 is 0. The number of carboxylic acids is 1. The second kappa shape index (κ2) is 12.5. The van der Waals surface area contributed by atoms with Crippen molar-refractivity contribution < 1.29 is 35.4 Å². The fraction of sp³-hybridized carbons (Fsp3) is 0.381. The van der Waals surface area contributed by atoms with Gasteiger partial charge in [-0.15, -0.1) is 11.3 Å². The molecule has 8 N–H and O–H groups in total. The first-order valence-electron chi connectivity index (χ1n) is 9.95. The van der Waals surface area contributed by atoms with Gasteiger partial charge < -0.3 is 40.9 Å². The number of H-pyrrole nitrogens is 1. The topological polar surface area (TPSA) is 196 Å². The minimum Gasteiger partial charge on any atom is -0.477 e. The molecule has 3 rings (SSSR count). The molecule has 0 amide bonds. The number of benzene rings is 1. The first-order chi connectivity index (χ1) is 15.7. The molecule has 0 aliphatic heterocycles. The molecule has 0 aliphatic carbocycles. The van der Waals surface area contributed by atoms with Gasteiger partial charge in [-0.05, 0) is 18.7 Å². The molecule has 0 unspecified atom stereocenters. The molecule has 0 aliphatic rings. The molecular formula is C21H27N3O8S. The van der Waals surface area contributed by atoms with E-state index in [2.05, 4.69) is 15.3 Å². The number of aliphatic hydroxyl groups excluding tert-OH is 5. The highest BCUT2D eigenvalue weighted by atomic mass is 32.1. The fourth-order valence-corrected chi connectivity index (χ4v) is 3.74. The summed E-state index contributed by atoms with van der Waals surface area (Å²) in [5.74, 6) is -0.510. The lowest BCUT2D eigenvalue weighted by Crippen LogP contribution is -2.48. The highest BCUT2D eigenvalue weighted by Crippen LogP contribution is 2.21. The van der Waals surface area contributed by atoms with E-state index in [0.717, 1.165) is 16.9 Å². The van der Waals surface area contributed by atoms with E-state index in [1.165, 1.54) is 6.07 Å². The molecule has 0 radical (unpaired) electrons. The van der Waals surface area contributed by atoms with Gasteiger partial charge in [-0.3, -0.25) is 4.79 Å². The Morgan fingerprint density at radius 3 is 2.33 bits per heavy atom. The molecule has 180 valence electrons. The van der Waals surface area contributed by atoms with Crippen LogP contribution in [0.15, 0.2) is 41.2 Å². The number of thiophene rings is 1. The van der Waals surface area contributed by atoms with Gasteiger partial charge in [-0.25, -0.2) is 9.78 Å². The summed E-state index contributed by atoms with van der Waals surface area (Å²) in [7, 11) is 1.57. The predicted octanol–water partition coefficient (Wildman–Crippen LogP) is -1.08. The number of hydrogen-bond acceptors (Lipinski definition) is 10. The molecule has 2 aromatic heterocycles. The zero-order chi connectivity index (χ0) is 24.5. The maximum Gasteiger partial charge on any atom is 0.345 e. The number of nitrogens with one attached hydrogen (secondary N) is 2. The molecule has 33 heavy (non-hydrogen) atoms. The van der Waals surface area contributed by atoms with Gasteiger partial charge in [0.25, 0.3) is 5.56 Å². The molecule has 0 bridgehead atoms. The number of fused-ring (bicyclic) bond motifs is 1. The van der Waals surface area contributed by atoms with Crippen molar-refractivity contribution in [1.29, 1.82) is 0 Å². The lowest BCUT2D eigenvalue weighted by Gasteiger charge is -2.25. The van der Waals surface area contributed by atoms with Crippen molar-refractivity contribution in [3.8, 4) is 0 Å². The number of rotatable bonds is 9. The SMILES string of the molecule is CNC[C@H](O)[C@@H](O)[C@H](O)[C@H](O)CO.O=C(O)c1cc2c(=O)[nH]c(Cc3ccccc3)nc2s1. The molecule has 1 aromatic carbocycles. The number of carboxylic acid groups (broad SMARTS) is 1. The van der Waals surface area contributed by atoms with Gasteiger partial charge in [0.1, 0.15) is 33.8 Å². The van der Waals surface area contributed by atoms with Gasteiger partial charge in [0.15, 0.2) is 0 Å². The standard InChI is InChI=1S/C14H10N2O3S.C7H17NO5/c17-12-9-7-10(14(18)19)20-13(9)16-11(15-12)6-8-4-2-1-3-5-8;1-8-2-4(10)6(12)7(13)5(11)3-9/h1-5,7H,6H2,(H,18,19)(H,15,16,17);4-13H,2-3H2,1H3/t;4-,5+,6+,7+/m.0/s1. The van der Waals surface area contributed by atoms with Crippen LogP contribution in [0.5, 0.6) is 0 Å². The second-order valence-corrected chi connectivity index (χ2v) is 8.20. The molecule has 11 nitrogen and oxygen atoms in total. The summed E-state index contributed by atoms with van der Waals surface area (Å²) in [4.78, 5) is 30.5. The number of aromatic nitrogens is 2. The Hall–Kier alpha value is -2.71. The van der Waals surface area contributed by atoms with Gasteiger partial charge >= 0.3 is 5.97 Å². The van der Waals surface area contributed by atoms with Crippen molar-refractivity contribution in [3.63, 3.8) is 0 Å². The lowest BCUT2D eigenvalue weighted by molar-refractivity contribution is -0.113. The fourth-order valence-electron chi connectivity index (χ4n) is 2.85. The van der Waals surface area contributed by atoms with Crippen molar-refractivity contribution in [1.82, 2.24) is 15.3 Å². The van der Waals surface area contributed by atoms with Crippen LogP contribution in [0.1, 0.15) is 21.1 Å². The molecule has 0 saturated carbocycles. The van der Waals surface area contributed by atoms with E-state index in [-0.39, 0.29) is 17.0 Å². The van der Waals surface area contributed by atoms with E-state index in [1.807, 2.05) is 30.3 Å². The number of nitrogens with zero attached hydrogens (tertiary/aromatic N) is 1. The van der Waals surface area contributed by atoms with Gasteiger partial charge in [0, 0.05) is 13.0 Å². The van der Waals surface area contributed by atoms with Crippen LogP contribution in [0.25, 0.3) is 10.2 Å².